The van der Waals surface area contributed by atoms with Gasteiger partial charge in [0.05, 0.1) is 11.7 Å². The van der Waals surface area contributed by atoms with Gasteiger partial charge in [0, 0.05) is 38.1 Å². The highest BCUT2D eigenvalue weighted by Gasteiger charge is 2.39. The zero-order valence-corrected chi connectivity index (χ0v) is 11.7. The van der Waals surface area contributed by atoms with Gasteiger partial charge in [0.2, 0.25) is 0 Å². The highest BCUT2D eigenvalue weighted by Crippen LogP contribution is 2.32. The van der Waals surface area contributed by atoms with Crippen LogP contribution < -0.4 is 4.90 Å². The van der Waals surface area contributed by atoms with Gasteiger partial charge in [0.15, 0.2) is 11.5 Å². The Bertz CT molecular complexity index is 606. The third-order valence-electron chi connectivity index (χ3n) is 4.31. The van der Waals surface area contributed by atoms with Gasteiger partial charge < -0.3 is 4.90 Å². The van der Waals surface area contributed by atoms with E-state index in [1.165, 1.54) is 0 Å². The fraction of sp³-hybridized carbons (Fsp3) is 0.500. The SMILES string of the molecule is C=C(N=N)[C@H]1CC[C@H]2CN(c3nccnc3C#N)CCN21. The molecule has 0 amide bonds. The van der Waals surface area contributed by atoms with E-state index >= 15 is 0 Å². The Balaban J connectivity index is 1.77. The van der Waals surface area contributed by atoms with Gasteiger partial charge in [0.25, 0.3) is 0 Å². The van der Waals surface area contributed by atoms with E-state index in [1.54, 1.807) is 12.4 Å². The summed E-state index contributed by atoms with van der Waals surface area (Å²) in [4.78, 5) is 12.9. The summed E-state index contributed by atoms with van der Waals surface area (Å²) >= 11 is 0. The van der Waals surface area contributed by atoms with Gasteiger partial charge in [-0.25, -0.2) is 15.5 Å². The minimum Gasteiger partial charge on any atom is -0.351 e. The molecule has 2 saturated heterocycles. The van der Waals surface area contributed by atoms with Crippen molar-refractivity contribution in [2.75, 3.05) is 24.5 Å². The van der Waals surface area contributed by atoms with Crippen LogP contribution >= 0.6 is 0 Å². The van der Waals surface area contributed by atoms with Gasteiger partial charge in [0.1, 0.15) is 6.07 Å². The van der Waals surface area contributed by atoms with Crippen LogP contribution in [-0.2, 0) is 0 Å². The van der Waals surface area contributed by atoms with Gasteiger partial charge >= 0.3 is 0 Å². The maximum atomic E-state index is 9.15. The minimum atomic E-state index is 0.187. The number of nitriles is 1. The van der Waals surface area contributed by atoms with Crippen LogP contribution in [-0.4, -0.2) is 46.6 Å². The van der Waals surface area contributed by atoms with Crippen LogP contribution in [0, 0.1) is 16.9 Å². The van der Waals surface area contributed by atoms with Crippen LogP contribution in [0.3, 0.4) is 0 Å². The van der Waals surface area contributed by atoms with Crippen molar-refractivity contribution in [1.82, 2.24) is 14.9 Å². The summed E-state index contributed by atoms with van der Waals surface area (Å²) in [6, 6.07) is 2.69. The topological polar surface area (TPSA) is 92.3 Å². The molecule has 2 atom stereocenters. The van der Waals surface area contributed by atoms with Crippen LogP contribution in [0.1, 0.15) is 18.5 Å². The van der Waals surface area contributed by atoms with Crippen molar-refractivity contribution in [3.05, 3.63) is 30.4 Å². The van der Waals surface area contributed by atoms with Crippen molar-refractivity contribution in [3.8, 4) is 6.07 Å². The average Bonchev–Trinajstić information content (AvgIpc) is 2.97. The van der Waals surface area contributed by atoms with Crippen molar-refractivity contribution in [3.63, 3.8) is 0 Å². The molecule has 2 aliphatic rings. The number of aromatic nitrogens is 2. The Morgan fingerprint density at radius 3 is 2.95 bits per heavy atom. The van der Waals surface area contributed by atoms with Crippen LogP contribution in [0.25, 0.3) is 0 Å². The first-order valence-corrected chi connectivity index (χ1v) is 7.02. The van der Waals surface area contributed by atoms with Gasteiger partial charge in [-0.2, -0.15) is 10.4 Å². The summed E-state index contributed by atoms with van der Waals surface area (Å²) in [6.07, 6.45) is 5.22. The Kier molecular flexibility index (Phi) is 3.62. The van der Waals surface area contributed by atoms with E-state index in [4.69, 9.17) is 10.8 Å². The fourth-order valence-corrected chi connectivity index (χ4v) is 3.32. The van der Waals surface area contributed by atoms with E-state index in [0.29, 0.717) is 23.3 Å². The van der Waals surface area contributed by atoms with E-state index in [0.717, 1.165) is 32.5 Å². The standard InChI is InChI=1S/C14H17N7/c1-10(19-16)13-3-2-11-9-20(6-7-21(11)13)14-12(8-15)17-4-5-18-14/h4-5,11,13,16H,1-3,6-7,9H2/t11-,13+/m0/s1. The first-order chi connectivity index (χ1) is 10.2. The van der Waals surface area contributed by atoms with Gasteiger partial charge in [-0.05, 0) is 12.8 Å². The summed E-state index contributed by atoms with van der Waals surface area (Å²) in [6.45, 7) is 6.37. The van der Waals surface area contributed by atoms with Crippen molar-refractivity contribution < 1.29 is 0 Å². The first kappa shape index (κ1) is 13.6. The Morgan fingerprint density at radius 1 is 1.38 bits per heavy atom. The highest BCUT2D eigenvalue weighted by molar-refractivity contribution is 5.50. The van der Waals surface area contributed by atoms with Gasteiger partial charge in [-0.1, -0.05) is 6.58 Å². The van der Waals surface area contributed by atoms with E-state index in [2.05, 4.69) is 37.5 Å². The van der Waals surface area contributed by atoms with Gasteiger partial charge in [-0.3, -0.25) is 4.90 Å². The number of nitrogens with one attached hydrogen (secondary N) is 1. The number of nitrogens with zero attached hydrogens (tertiary/aromatic N) is 6. The molecule has 0 aromatic carbocycles. The van der Waals surface area contributed by atoms with Crippen LogP contribution in [0.2, 0.25) is 0 Å². The lowest BCUT2D eigenvalue weighted by molar-refractivity contribution is 0.191. The predicted molar refractivity (Wildman–Crippen MR) is 76.8 cm³/mol. The molecule has 0 spiro atoms. The minimum absolute atomic E-state index is 0.187. The Labute approximate surface area is 123 Å². The number of rotatable bonds is 3. The second kappa shape index (κ2) is 5.58. The molecule has 0 unspecified atom stereocenters. The molecule has 2 fully saturated rings. The fourth-order valence-electron chi connectivity index (χ4n) is 3.32. The Hall–Kier alpha value is -2.33. The van der Waals surface area contributed by atoms with E-state index in [9.17, 15) is 0 Å². The molecule has 7 heteroatoms. The molecule has 0 aliphatic carbocycles. The first-order valence-electron chi connectivity index (χ1n) is 7.02. The molecular formula is C14H17N7. The maximum Gasteiger partial charge on any atom is 0.183 e. The zero-order chi connectivity index (χ0) is 14.8. The molecule has 1 N–H and O–H groups in total. The third-order valence-corrected chi connectivity index (χ3v) is 4.31. The zero-order valence-electron chi connectivity index (χ0n) is 11.7. The molecular weight excluding hydrogens is 266 g/mol. The highest BCUT2D eigenvalue weighted by atomic mass is 15.3. The summed E-state index contributed by atoms with van der Waals surface area (Å²) in [5, 5.41) is 12.6. The lowest BCUT2D eigenvalue weighted by Gasteiger charge is -2.40. The molecule has 1 aromatic heterocycles. The number of hydrogen-bond acceptors (Lipinski definition) is 7. The maximum absolute atomic E-state index is 9.15. The molecule has 2 aliphatic heterocycles. The summed E-state index contributed by atoms with van der Waals surface area (Å²) in [7, 11) is 0. The number of piperazine rings is 1. The summed E-state index contributed by atoms with van der Waals surface area (Å²) < 4.78 is 0. The molecule has 3 heterocycles. The lowest BCUT2D eigenvalue weighted by Crippen LogP contribution is -2.53. The smallest absolute Gasteiger partial charge is 0.183 e. The largest absolute Gasteiger partial charge is 0.351 e. The van der Waals surface area contributed by atoms with Crippen LogP contribution in [0.5, 0.6) is 0 Å². The number of fused-ring (bicyclic) bond motifs is 1. The quantitative estimate of drug-likeness (QED) is 0.849. The molecule has 0 bridgehead atoms. The van der Waals surface area contributed by atoms with E-state index < -0.39 is 0 Å². The molecule has 108 valence electrons. The average molecular weight is 283 g/mol. The predicted octanol–water partition coefficient (Wildman–Crippen LogP) is 1.55. The van der Waals surface area contributed by atoms with E-state index in [1.807, 2.05) is 0 Å². The molecule has 21 heavy (non-hydrogen) atoms. The molecule has 0 radical (unpaired) electrons. The van der Waals surface area contributed by atoms with Gasteiger partial charge in [-0.15, -0.1) is 0 Å². The van der Waals surface area contributed by atoms with Crippen molar-refractivity contribution in [2.24, 2.45) is 5.11 Å². The van der Waals surface area contributed by atoms with Crippen LogP contribution in [0.4, 0.5) is 5.82 Å². The normalized spacial score (nSPS) is 25.2. The summed E-state index contributed by atoms with van der Waals surface area (Å²) in [5.74, 6) is 0.673. The number of anilines is 1. The van der Waals surface area contributed by atoms with Crippen LogP contribution in [0.15, 0.2) is 29.8 Å². The monoisotopic (exact) mass is 283 g/mol. The summed E-state index contributed by atoms with van der Waals surface area (Å²) in [5.41, 5.74) is 8.16. The number of hydrogen-bond donors (Lipinski definition) is 1. The third kappa shape index (κ3) is 2.38. The second-order valence-electron chi connectivity index (χ2n) is 5.37. The van der Waals surface area contributed by atoms with E-state index in [-0.39, 0.29) is 6.04 Å². The molecule has 1 aromatic rings. The molecule has 7 nitrogen and oxygen atoms in total. The van der Waals surface area contributed by atoms with Crippen molar-refractivity contribution >= 4 is 5.82 Å². The van der Waals surface area contributed by atoms with Crippen molar-refractivity contribution in [2.45, 2.75) is 24.9 Å². The second-order valence-corrected chi connectivity index (χ2v) is 5.37. The lowest BCUT2D eigenvalue weighted by atomic mass is 10.1. The molecule has 3 rings (SSSR count). The van der Waals surface area contributed by atoms with Crippen molar-refractivity contribution in [1.29, 1.82) is 10.8 Å². The molecule has 0 saturated carbocycles. The Morgan fingerprint density at radius 2 is 2.19 bits per heavy atom.